The van der Waals surface area contributed by atoms with Crippen molar-refractivity contribution in [1.82, 2.24) is 5.32 Å². The van der Waals surface area contributed by atoms with Gasteiger partial charge in [0.25, 0.3) is 11.8 Å². The lowest BCUT2D eigenvalue weighted by atomic mass is 10.1. The Morgan fingerprint density at radius 1 is 0.775 bits per heavy atom. The number of thioether (sulfide) groups is 1. The molecule has 4 aromatic carbocycles. The smallest absolute Gasteiger partial charge is 0.272 e. The van der Waals surface area contributed by atoms with Crippen molar-refractivity contribution in [3.63, 3.8) is 0 Å². The van der Waals surface area contributed by atoms with Crippen LogP contribution in [-0.4, -0.2) is 23.5 Å². The third-order valence-electron chi connectivity index (χ3n) is 5.68. The van der Waals surface area contributed by atoms with Gasteiger partial charge in [0, 0.05) is 26.9 Å². The van der Waals surface area contributed by atoms with Gasteiger partial charge in [0.15, 0.2) is 0 Å². The van der Waals surface area contributed by atoms with Crippen molar-refractivity contribution < 1.29 is 14.4 Å². The van der Waals surface area contributed by atoms with Gasteiger partial charge < -0.3 is 16.0 Å². The number of amides is 3. The highest BCUT2D eigenvalue weighted by Crippen LogP contribution is 2.23. The quantitative estimate of drug-likeness (QED) is 0.148. The number of anilines is 2. The first-order valence-corrected chi connectivity index (χ1v) is 13.9. The van der Waals surface area contributed by atoms with Gasteiger partial charge in [-0.05, 0) is 91.2 Å². The molecule has 0 atom stereocenters. The van der Waals surface area contributed by atoms with Gasteiger partial charge in [0.1, 0.15) is 5.70 Å². The average Bonchev–Trinajstić information content (AvgIpc) is 2.93. The number of hydrogen-bond donors (Lipinski definition) is 3. The minimum atomic E-state index is -0.492. The second-order valence-electron chi connectivity index (χ2n) is 9.12. The minimum Gasteiger partial charge on any atom is -0.325 e. The van der Waals surface area contributed by atoms with E-state index in [0.29, 0.717) is 21.8 Å². The molecule has 0 fully saturated rings. The molecule has 3 N–H and O–H groups in total. The molecule has 8 heteroatoms. The van der Waals surface area contributed by atoms with Gasteiger partial charge in [0.05, 0.1) is 5.75 Å². The number of carbonyl (C=O) groups excluding carboxylic acids is 3. The van der Waals surface area contributed by atoms with Crippen LogP contribution in [0.15, 0.2) is 108 Å². The first-order chi connectivity index (χ1) is 19.2. The number of benzene rings is 4. The summed E-state index contributed by atoms with van der Waals surface area (Å²) in [5.41, 5.74) is 4.65. The van der Waals surface area contributed by atoms with Crippen LogP contribution in [0.2, 0.25) is 5.02 Å². The van der Waals surface area contributed by atoms with Gasteiger partial charge in [-0.3, -0.25) is 14.4 Å². The number of nitrogens with one attached hydrogen (secondary N) is 3. The fraction of sp³-hybridized carbons (Fsp3) is 0.0938. The highest BCUT2D eigenvalue weighted by Gasteiger charge is 2.15. The van der Waals surface area contributed by atoms with Crippen LogP contribution in [0, 0.1) is 13.8 Å². The Labute approximate surface area is 242 Å². The van der Waals surface area contributed by atoms with Crippen LogP contribution in [-0.2, 0) is 9.59 Å². The number of rotatable bonds is 9. The summed E-state index contributed by atoms with van der Waals surface area (Å²) >= 11 is 7.36. The van der Waals surface area contributed by atoms with E-state index in [4.69, 9.17) is 11.6 Å². The Hall–Kier alpha value is -4.33. The van der Waals surface area contributed by atoms with Gasteiger partial charge in [0.2, 0.25) is 5.91 Å². The maximum Gasteiger partial charge on any atom is 0.272 e. The normalized spacial score (nSPS) is 11.0. The van der Waals surface area contributed by atoms with E-state index in [1.165, 1.54) is 11.8 Å². The molecule has 0 bridgehead atoms. The summed E-state index contributed by atoms with van der Waals surface area (Å²) in [6.45, 7) is 3.97. The Morgan fingerprint density at radius 3 is 2.17 bits per heavy atom. The first-order valence-electron chi connectivity index (χ1n) is 12.5. The molecule has 4 rings (SSSR count). The van der Waals surface area contributed by atoms with Gasteiger partial charge >= 0.3 is 0 Å². The predicted molar refractivity (Wildman–Crippen MR) is 164 cm³/mol. The van der Waals surface area contributed by atoms with Crippen LogP contribution in [0.1, 0.15) is 27.0 Å². The van der Waals surface area contributed by atoms with Crippen molar-refractivity contribution >= 4 is 58.5 Å². The van der Waals surface area contributed by atoms with E-state index in [9.17, 15) is 14.4 Å². The molecule has 0 aliphatic carbocycles. The van der Waals surface area contributed by atoms with E-state index >= 15 is 0 Å². The molecule has 0 unspecified atom stereocenters. The number of hydrogen-bond acceptors (Lipinski definition) is 4. The Kier molecular flexibility index (Phi) is 9.78. The molecule has 202 valence electrons. The molecule has 4 aromatic rings. The van der Waals surface area contributed by atoms with Crippen LogP contribution in [0.4, 0.5) is 11.4 Å². The van der Waals surface area contributed by atoms with Crippen molar-refractivity contribution in [1.29, 1.82) is 0 Å². The fourth-order valence-electron chi connectivity index (χ4n) is 3.92. The second-order valence-corrected chi connectivity index (χ2v) is 10.6. The van der Waals surface area contributed by atoms with E-state index in [2.05, 4.69) is 16.0 Å². The molecule has 0 saturated carbocycles. The number of halogens is 1. The Balaban J connectivity index is 1.44. The Bertz CT molecular complexity index is 1530. The molecule has 0 saturated heterocycles. The number of aryl methyl sites for hydroxylation is 2. The van der Waals surface area contributed by atoms with E-state index in [1.54, 1.807) is 72.8 Å². The summed E-state index contributed by atoms with van der Waals surface area (Å²) < 4.78 is 0. The van der Waals surface area contributed by atoms with E-state index in [1.807, 2.05) is 44.2 Å². The average molecular weight is 570 g/mol. The standard InChI is InChI=1S/C32H28ClN3O3S/c1-21-15-22(2)17-27(16-21)34-30(37)20-40-28-10-6-9-26(19-28)35-32(39)29(18-23-11-13-25(33)14-12-23)36-31(38)24-7-4-3-5-8-24/h3-19H,20H2,1-2H3,(H,34,37)(H,35,39)(H,36,38)/b29-18-. The summed E-state index contributed by atoms with van der Waals surface area (Å²) in [5.74, 6) is -0.815. The van der Waals surface area contributed by atoms with Gasteiger partial charge in [-0.1, -0.05) is 54.1 Å². The zero-order valence-corrected chi connectivity index (χ0v) is 23.6. The molecule has 0 radical (unpaired) electrons. The fourth-order valence-corrected chi connectivity index (χ4v) is 4.80. The largest absolute Gasteiger partial charge is 0.325 e. The van der Waals surface area contributed by atoms with Crippen molar-refractivity contribution in [3.05, 3.63) is 130 Å². The molecular weight excluding hydrogens is 542 g/mol. The molecular formula is C32H28ClN3O3S. The lowest BCUT2D eigenvalue weighted by Gasteiger charge is -2.12. The zero-order chi connectivity index (χ0) is 28.5. The van der Waals surface area contributed by atoms with E-state index < -0.39 is 11.8 Å². The lowest BCUT2D eigenvalue weighted by molar-refractivity contribution is -0.114. The molecule has 40 heavy (non-hydrogen) atoms. The van der Waals surface area contributed by atoms with Crippen LogP contribution in [0.3, 0.4) is 0 Å². The monoisotopic (exact) mass is 569 g/mol. The van der Waals surface area contributed by atoms with Crippen molar-refractivity contribution in [2.45, 2.75) is 18.7 Å². The summed E-state index contributed by atoms with van der Waals surface area (Å²) in [5, 5.41) is 9.06. The zero-order valence-electron chi connectivity index (χ0n) is 22.0. The maximum atomic E-state index is 13.3. The SMILES string of the molecule is Cc1cc(C)cc(NC(=O)CSc2cccc(NC(=O)/C(=C/c3ccc(Cl)cc3)NC(=O)c3ccccc3)c2)c1. The van der Waals surface area contributed by atoms with Crippen LogP contribution >= 0.6 is 23.4 Å². The third kappa shape index (κ3) is 8.59. The molecule has 0 aromatic heterocycles. The molecule has 0 aliphatic rings. The van der Waals surface area contributed by atoms with Crippen molar-refractivity contribution in [2.24, 2.45) is 0 Å². The molecule has 0 heterocycles. The minimum absolute atomic E-state index is 0.0713. The summed E-state index contributed by atoms with van der Waals surface area (Å²) in [4.78, 5) is 39.5. The second kappa shape index (κ2) is 13.6. The van der Waals surface area contributed by atoms with Gasteiger partial charge in [-0.2, -0.15) is 0 Å². The van der Waals surface area contributed by atoms with E-state index in [0.717, 1.165) is 21.7 Å². The van der Waals surface area contributed by atoms with Gasteiger partial charge in [-0.25, -0.2) is 0 Å². The summed E-state index contributed by atoms with van der Waals surface area (Å²) in [6, 6.07) is 28.7. The van der Waals surface area contributed by atoms with Crippen LogP contribution in [0.5, 0.6) is 0 Å². The van der Waals surface area contributed by atoms with Crippen LogP contribution < -0.4 is 16.0 Å². The third-order valence-corrected chi connectivity index (χ3v) is 6.92. The molecule has 0 spiro atoms. The van der Waals surface area contributed by atoms with Crippen molar-refractivity contribution in [2.75, 3.05) is 16.4 Å². The molecule has 3 amide bonds. The highest BCUT2D eigenvalue weighted by molar-refractivity contribution is 8.00. The topological polar surface area (TPSA) is 87.3 Å². The first kappa shape index (κ1) is 28.7. The molecule has 6 nitrogen and oxygen atoms in total. The van der Waals surface area contributed by atoms with Gasteiger partial charge in [-0.15, -0.1) is 11.8 Å². The lowest BCUT2D eigenvalue weighted by Crippen LogP contribution is -2.30. The van der Waals surface area contributed by atoms with Crippen LogP contribution in [0.25, 0.3) is 6.08 Å². The Morgan fingerprint density at radius 2 is 1.48 bits per heavy atom. The van der Waals surface area contributed by atoms with Crippen molar-refractivity contribution in [3.8, 4) is 0 Å². The number of carbonyl (C=O) groups is 3. The maximum absolute atomic E-state index is 13.3. The highest BCUT2D eigenvalue weighted by atomic mass is 35.5. The predicted octanol–water partition coefficient (Wildman–Crippen LogP) is 7.10. The summed E-state index contributed by atoms with van der Waals surface area (Å²) in [6.07, 6.45) is 1.59. The van der Waals surface area contributed by atoms with E-state index in [-0.39, 0.29) is 17.4 Å². The molecule has 0 aliphatic heterocycles. The summed E-state index contributed by atoms with van der Waals surface area (Å²) in [7, 11) is 0.